The van der Waals surface area contributed by atoms with Crippen LogP contribution in [0.2, 0.25) is 0 Å². The maximum Gasteiger partial charge on any atom is 0.416 e. The first kappa shape index (κ1) is 17.1. The van der Waals surface area contributed by atoms with Crippen LogP contribution in [-0.2, 0) is 13.2 Å². The summed E-state index contributed by atoms with van der Waals surface area (Å²) in [5, 5.41) is 0. The standard InChI is InChI=1S/C15H14F5N3/c1-9(21-13(17)4-3-7-16)14-22-11-8-10(15(18,19)20)5-6-12(11)23(14)2/h3-6,8-9H,7H2,1-2H3/b4-3-,21-13?. The zero-order valence-corrected chi connectivity index (χ0v) is 12.4. The molecule has 0 aliphatic rings. The summed E-state index contributed by atoms with van der Waals surface area (Å²) in [6.45, 7) is 0.735. The first-order valence-electron chi connectivity index (χ1n) is 6.73. The van der Waals surface area contributed by atoms with Crippen LogP contribution in [0.3, 0.4) is 0 Å². The summed E-state index contributed by atoms with van der Waals surface area (Å²) in [6, 6.07) is 2.48. The molecule has 0 spiro atoms. The van der Waals surface area contributed by atoms with E-state index in [0.29, 0.717) is 11.3 Å². The van der Waals surface area contributed by atoms with Gasteiger partial charge in [-0.25, -0.2) is 14.4 Å². The SMILES string of the molecule is CC(N=C(F)/C=C\CF)c1nc2cc(C(F)(F)F)ccc2n1C. The van der Waals surface area contributed by atoms with Crippen LogP contribution in [0.25, 0.3) is 11.0 Å². The van der Waals surface area contributed by atoms with E-state index in [9.17, 15) is 22.0 Å². The maximum atomic E-state index is 13.4. The van der Waals surface area contributed by atoms with Crippen molar-refractivity contribution in [2.45, 2.75) is 19.1 Å². The lowest BCUT2D eigenvalue weighted by molar-refractivity contribution is -0.137. The van der Waals surface area contributed by atoms with Gasteiger partial charge in [-0.3, -0.25) is 0 Å². The van der Waals surface area contributed by atoms with E-state index in [0.717, 1.165) is 24.3 Å². The number of fused-ring (bicyclic) bond motifs is 1. The van der Waals surface area contributed by atoms with E-state index >= 15 is 0 Å². The summed E-state index contributed by atoms with van der Waals surface area (Å²) in [7, 11) is 1.61. The quantitative estimate of drug-likeness (QED) is 0.597. The van der Waals surface area contributed by atoms with Gasteiger partial charge in [0.1, 0.15) is 18.5 Å². The van der Waals surface area contributed by atoms with E-state index in [4.69, 9.17) is 0 Å². The number of halogens is 5. The average Bonchev–Trinajstić information content (AvgIpc) is 2.81. The Labute approximate surface area is 129 Å². The number of aryl methyl sites for hydroxylation is 1. The fourth-order valence-electron chi connectivity index (χ4n) is 2.20. The van der Waals surface area contributed by atoms with Gasteiger partial charge in [-0.15, -0.1) is 0 Å². The number of benzene rings is 1. The third-order valence-corrected chi connectivity index (χ3v) is 3.28. The highest BCUT2D eigenvalue weighted by Crippen LogP contribution is 2.32. The van der Waals surface area contributed by atoms with E-state index in [-0.39, 0.29) is 5.52 Å². The second-order valence-corrected chi connectivity index (χ2v) is 4.91. The van der Waals surface area contributed by atoms with Crippen LogP contribution >= 0.6 is 0 Å². The normalized spacial score (nSPS) is 14.8. The molecule has 0 saturated heterocycles. The van der Waals surface area contributed by atoms with Crippen LogP contribution in [0.5, 0.6) is 0 Å². The molecule has 1 atom stereocenters. The van der Waals surface area contributed by atoms with E-state index < -0.39 is 30.4 Å². The third kappa shape index (κ3) is 3.75. The first-order chi connectivity index (χ1) is 10.7. The van der Waals surface area contributed by atoms with Gasteiger partial charge in [0.15, 0.2) is 0 Å². The van der Waals surface area contributed by atoms with Crippen LogP contribution in [-0.4, -0.2) is 22.2 Å². The Morgan fingerprint density at radius 2 is 2.09 bits per heavy atom. The molecule has 3 nitrogen and oxygen atoms in total. The van der Waals surface area contributed by atoms with E-state index in [1.54, 1.807) is 18.5 Å². The number of aromatic nitrogens is 2. The molecule has 0 N–H and O–H groups in total. The number of nitrogens with zero attached hydrogens (tertiary/aromatic N) is 3. The highest BCUT2D eigenvalue weighted by Gasteiger charge is 2.31. The van der Waals surface area contributed by atoms with Crippen LogP contribution in [0.1, 0.15) is 24.4 Å². The average molecular weight is 331 g/mol. The van der Waals surface area contributed by atoms with Crippen molar-refractivity contribution in [3.63, 3.8) is 0 Å². The van der Waals surface area contributed by atoms with Crippen LogP contribution in [0.15, 0.2) is 35.3 Å². The van der Waals surface area contributed by atoms with Crippen molar-refractivity contribution >= 4 is 17.0 Å². The molecule has 0 radical (unpaired) electrons. The van der Waals surface area contributed by atoms with Gasteiger partial charge in [-0.2, -0.15) is 17.6 Å². The predicted molar refractivity (Wildman–Crippen MR) is 77.8 cm³/mol. The Morgan fingerprint density at radius 1 is 1.39 bits per heavy atom. The summed E-state index contributed by atoms with van der Waals surface area (Å²) >= 11 is 0. The van der Waals surface area contributed by atoms with Gasteiger partial charge in [0, 0.05) is 7.05 Å². The lowest BCUT2D eigenvalue weighted by Gasteiger charge is -2.07. The van der Waals surface area contributed by atoms with Crippen molar-refractivity contribution in [3.8, 4) is 0 Å². The Bertz CT molecular complexity index is 758. The minimum Gasteiger partial charge on any atom is -0.329 e. The number of alkyl halides is 4. The zero-order valence-electron chi connectivity index (χ0n) is 12.4. The van der Waals surface area contributed by atoms with Crippen molar-refractivity contribution in [2.75, 3.05) is 6.67 Å². The molecule has 2 rings (SSSR count). The lowest BCUT2D eigenvalue weighted by Crippen LogP contribution is -2.04. The molecular formula is C15H14F5N3. The number of hydrogen-bond donors (Lipinski definition) is 0. The van der Waals surface area contributed by atoms with Crippen molar-refractivity contribution in [1.82, 2.24) is 9.55 Å². The van der Waals surface area contributed by atoms with Gasteiger partial charge >= 0.3 is 6.18 Å². The van der Waals surface area contributed by atoms with Gasteiger partial charge in [-0.05, 0) is 37.3 Å². The maximum absolute atomic E-state index is 13.4. The molecule has 0 bridgehead atoms. The molecule has 1 heterocycles. The van der Waals surface area contributed by atoms with Gasteiger partial charge in [0.05, 0.1) is 16.6 Å². The molecule has 8 heteroatoms. The fourth-order valence-corrected chi connectivity index (χ4v) is 2.20. The molecule has 0 amide bonds. The van der Waals surface area contributed by atoms with Crippen LogP contribution in [0, 0.1) is 0 Å². The smallest absolute Gasteiger partial charge is 0.329 e. The zero-order chi connectivity index (χ0) is 17.2. The van der Waals surface area contributed by atoms with Crippen molar-refractivity contribution in [3.05, 3.63) is 41.7 Å². The Hall–Kier alpha value is -2.25. The monoisotopic (exact) mass is 331 g/mol. The largest absolute Gasteiger partial charge is 0.416 e. The summed E-state index contributed by atoms with van der Waals surface area (Å²) in [4.78, 5) is 7.81. The fraction of sp³-hybridized carbons (Fsp3) is 0.333. The second-order valence-electron chi connectivity index (χ2n) is 4.91. The molecule has 1 unspecified atom stereocenters. The van der Waals surface area contributed by atoms with Crippen LogP contribution in [0.4, 0.5) is 22.0 Å². The van der Waals surface area contributed by atoms with Gasteiger partial charge in [0.2, 0.25) is 5.97 Å². The molecule has 0 fully saturated rings. The second kappa shape index (κ2) is 6.47. The highest BCUT2D eigenvalue weighted by molar-refractivity contribution is 5.86. The summed E-state index contributed by atoms with van der Waals surface area (Å²) < 4.78 is 65.1. The summed E-state index contributed by atoms with van der Waals surface area (Å²) in [5.41, 5.74) is -0.170. The molecule has 1 aromatic heterocycles. The predicted octanol–water partition coefficient (Wildman–Crippen LogP) is 4.55. The number of aliphatic imine (C=N–C) groups is 1. The first-order valence-corrected chi connectivity index (χ1v) is 6.73. The van der Waals surface area contributed by atoms with Crippen molar-refractivity contribution in [1.29, 1.82) is 0 Å². The summed E-state index contributed by atoms with van der Waals surface area (Å²) in [6.07, 6.45) is -2.60. The molecular weight excluding hydrogens is 317 g/mol. The van der Waals surface area contributed by atoms with E-state index in [1.807, 2.05) is 0 Å². The number of rotatable bonds is 4. The van der Waals surface area contributed by atoms with E-state index in [2.05, 4.69) is 9.98 Å². The number of hydrogen-bond acceptors (Lipinski definition) is 2. The molecule has 1 aromatic carbocycles. The highest BCUT2D eigenvalue weighted by atomic mass is 19.4. The van der Waals surface area contributed by atoms with Crippen molar-refractivity contribution < 1.29 is 22.0 Å². The Balaban J connectivity index is 2.42. The topological polar surface area (TPSA) is 30.2 Å². The van der Waals surface area contributed by atoms with Gasteiger partial charge < -0.3 is 4.57 Å². The van der Waals surface area contributed by atoms with Crippen molar-refractivity contribution in [2.24, 2.45) is 12.0 Å². The van der Waals surface area contributed by atoms with Gasteiger partial charge in [0.25, 0.3) is 0 Å². The van der Waals surface area contributed by atoms with E-state index in [1.165, 1.54) is 6.07 Å². The molecule has 0 aliphatic carbocycles. The molecule has 124 valence electrons. The molecule has 0 saturated carbocycles. The minimum absolute atomic E-state index is 0.152. The summed E-state index contributed by atoms with van der Waals surface area (Å²) in [5.74, 6) is -0.568. The molecule has 23 heavy (non-hydrogen) atoms. The minimum atomic E-state index is -4.46. The Kier molecular flexibility index (Phi) is 4.82. The number of allylic oxidation sites excluding steroid dienone is 2. The van der Waals surface area contributed by atoms with Crippen LogP contribution < -0.4 is 0 Å². The van der Waals surface area contributed by atoms with Gasteiger partial charge in [-0.1, -0.05) is 0 Å². The molecule has 2 aromatic rings. The number of imidazole rings is 1. The third-order valence-electron chi connectivity index (χ3n) is 3.28. The molecule has 0 aliphatic heterocycles. The Morgan fingerprint density at radius 3 is 2.70 bits per heavy atom. The lowest BCUT2D eigenvalue weighted by atomic mass is 10.2.